The van der Waals surface area contributed by atoms with E-state index < -0.39 is 11.6 Å². The Morgan fingerprint density at radius 2 is 1.34 bits per heavy atom. The van der Waals surface area contributed by atoms with E-state index in [0.29, 0.717) is 23.7 Å². The maximum absolute atomic E-state index is 15.3. The molecule has 4 heteroatoms. The molecule has 2 aliphatic carbocycles. The minimum Gasteiger partial charge on any atom is -0.490 e. The zero-order valence-electron chi connectivity index (χ0n) is 24.5. The number of hydrogen-bond acceptors (Lipinski definition) is 1. The van der Waals surface area contributed by atoms with Crippen LogP contribution in [0, 0.1) is 35.2 Å². The van der Waals surface area contributed by atoms with Crippen LogP contribution in [0.2, 0.25) is 0 Å². The number of ether oxygens (including phenoxy) is 1. The Balaban J connectivity index is 1.21. The lowest BCUT2D eigenvalue weighted by Crippen LogP contribution is -2.25. The Kier molecular flexibility index (Phi) is 9.90. The number of halogens is 3. The summed E-state index contributed by atoms with van der Waals surface area (Å²) < 4.78 is 50.1. The van der Waals surface area contributed by atoms with Crippen LogP contribution < -0.4 is 4.74 Å². The van der Waals surface area contributed by atoms with Gasteiger partial charge in [-0.25, -0.2) is 8.78 Å². The van der Waals surface area contributed by atoms with Gasteiger partial charge >= 0.3 is 0 Å². The molecule has 2 aliphatic rings. The highest BCUT2D eigenvalue weighted by molar-refractivity contribution is 5.71. The molecule has 41 heavy (non-hydrogen) atoms. The summed E-state index contributed by atoms with van der Waals surface area (Å²) in [6.07, 6.45) is 16.4. The van der Waals surface area contributed by atoms with Crippen LogP contribution in [-0.4, -0.2) is 6.61 Å². The van der Waals surface area contributed by atoms with Crippen molar-refractivity contribution in [2.45, 2.75) is 84.0 Å². The third-order valence-corrected chi connectivity index (χ3v) is 9.49. The number of allylic oxidation sites excluding steroid dienone is 2. The smallest absolute Gasteiger partial charge is 0.201 e. The number of rotatable bonds is 9. The summed E-state index contributed by atoms with van der Waals surface area (Å²) in [6.45, 7) is 4.48. The predicted octanol–water partition coefficient (Wildman–Crippen LogP) is 11.3. The Labute approximate surface area is 243 Å². The zero-order chi connectivity index (χ0) is 28.8. The van der Waals surface area contributed by atoms with Crippen LogP contribution in [0.15, 0.2) is 66.7 Å². The molecule has 0 saturated heterocycles. The molecule has 0 aromatic heterocycles. The molecule has 0 radical (unpaired) electrons. The third kappa shape index (κ3) is 6.90. The summed E-state index contributed by atoms with van der Waals surface area (Å²) in [7, 11) is 0. The van der Waals surface area contributed by atoms with E-state index >= 15 is 4.39 Å². The van der Waals surface area contributed by atoms with Crippen LogP contribution in [0.25, 0.3) is 22.3 Å². The van der Waals surface area contributed by atoms with Gasteiger partial charge in [0.1, 0.15) is 5.82 Å². The molecule has 0 aliphatic heterocycles. The Morgan fingerprint density at radius 3 is 1.95 bits per heavy atom. The van der Waals surface area contributed by atoms with Gasteiger partial charge < -0.3 is 4.74 Å². The minimum absolute atomic E-state index is 0.0702. The average molecular weight is 561 g/mol. The van der Waals surface area contributed by atoms with Crippen molar-refractivity contribution in [2.24, 2.45) is 17.8 Å². The molecule has 0 unspecified atom stereocenters. The van der Waals surface area contributed by atoms with Gasteiger partial charge in [0.05, 0.1) is 6.61 Å². The zero-order valence-corrected chi connectivity index (χ0v) is 24.5. The molecule has 0 amide bonds. The van der Waals surface area contributed by atoms with Crippen molar-refractivity contribution in [3.05, 3.63) is 89.8 Å². The third-order valence-electron chi connectivity index (χ3n) is 9.49. The SMILES string of the molecule is CC=CC1CCC(C2CCC(c3ccc(-c4ccc(-c5ccc(OCCCC)c(F)c5F)cc4)c(F)c3)CC2)CC1. The summed E-state index contributed by atoms with van der Waals surface area (Å²) >= 11 is 0. The van der Waals surface area contributed by atoms with E-state index in [4.69, 9.17) is 4.74 Å². The lowest BCUT2D eigenvalue weighted by molar-refractivity contribution is 0.171. The fourth-order valence-corrected chi connectivity index (χ4v) is 7.05. The maximum atomic E-state index is 15.3. The van der Waals surface area contributed by atoms with E-state index in [2.05, 4.69) is 25.1 Å². The van der Waals surface area contributed by atoms with Gasteiger partial charge in [-0.15, -0.1) is 0 Å². The standard InChI is InChI=1S/C37H43F3O/c1-3-5-23-41-35-22-21-33(36(39)37(35)40)30-17-15-29(16-18-30)32-20-19-31(24-34(32)38)28-13-11-27(12-14-28)26-9-7-25(6-4-2)8-10-26/h4,6,15-22,24-28H,3,5,7-14,23H2,1-2H3. The van der Waals surface area contributed by atoms with Crippen LogP contribution >= 0.6 is 0 Å². The van der Waals surface area contributed by atoms with Gasteiger partial charge in [0.2, 0.25) is 5.82 Å². The van der Waals surface area contributed by atoms with Crippen molar-refractivity contribution >= 4 is 0 Å². The molecule has 0 heterocycles. The number of hydrogen-bond donors (Lipinski definition) is 0. The van der Waals surface area contributed by atoms with Gasteiger partial charge in [0, 0.05) is 11.1 Å². The van der Waals surface area contributed by atoms with Crippen molar-refractivity contribution in [3.8, 4) is 28.0 Å². The first-order chi connectivity index (χ1) is 20.0. The van der Waals surface area contributed by atoms with Gasteiger partial charge in [-0.2, -0.15) is 4.39 Å². The fourth-order valence-electron chi connectivity index (χ4n) is 7.05. The maximum Gasteiger partial charge on any atom is 0.201 e. The second kappa shape index (κ2) is 13.8. The van der Waals surface area contributed by atoms with Gasteiger partial charge in [0.15, 0.2) is 11.6 Å². The first-order valence-electron chi connectivity index (χ1n) is 15.6. The first-order valence-corrected chi connectivity index (χ1v) is 15.6. The van der Waals surface area contributed by atoms with Gasteiger partial charge in [-0.3, -0.25) is 0 Å². The Hall–Kier alpha value is -3.01. The van der Waals surface area contributed by atoms with Crippen molar-refractivity contribution in [3.63, 3.8) is 0 Å². The molecule has 3 aromatic rings. The monoisotopic (exact) mass is 560 g/mol. The molecule has 1 nitrogen and oxygen atoms in total. The van der Waals surface area contributed by atoms with E-state index in [-0.39, 0.29) is 17.1 Å². The molecule has 0 N–H and O–H groups in total. The van der Waals surface area contributed by atoms with Crippen LogP contribution in [0.5, 0.6) is 5.75 Å². The van der Waals surface area contributed by atoms with Gasteiger partial charge in [-0.1, -0.05) is 61.9 Å². The topological polar surface area (TPSA) is 9.23 Å². The second-order valence-electron chi connectivity index (χ2n) is 12.1. The van der Waals surface area contributed by atoms with Crippen molar-refractivity contribution < 1.29 is 17.9 Å². The quantitative estimate of drug-likeness (QED) is 0.187. The molecular formula is C37H43F3O. The van der Waals surface area contributed by atoms with E-state index in [1.807, 2.05) is 13.0 Å². The molecule has 2 fully saturated rings. The Bertz CT molecular complexity index is 1310. The summed E-state index contributed by atoms with van der Waals surface area (Å²) in [6, 6.07) is 15.6. The van der Waals surface area contributed by atoms with Gasteiger partial charge in [0.25, 0.3) is 0 Å². The predicted molar refractivity (Wildman–Crippen MR) is 163 cm³/mol. The molecule has 0 bridgehead atoms. The van der Waals surface area contributed by atoms with Crippen molar-refractivity contribution in [2.75, 3.05) is 6.61 Å². The molecule has 0 atom stereocenters. The summed E-state index contributed by atoms with van der Waals surface area (Å²) in [4.78, 5) is 0. The highest BCUT2D eigenvalue weighted by atomic mass is 19.2. The minimum atomic E-state index is -0.977. The van der Waals surface area contributed by atoms with Crippen molar-refractivity contribution in [1.29, 1.82) is 0 Å². The number of unbranched alkanes of at least 4 members (excludes halogenated alkanes) is 1. The lowest BCUT2D eigenvalue weighted by Gasteiger charge is -2.37. The second-order valence-corrected chi connectivity index (χ2v) is 12.1. The van der Waals surface area contributed by atoms with Gasteiger partial charge in [-0.05, 0) is 123 Å². The molecule has 3 aromatic carbocycles. The summed E-state index contributed by atoms with van der Waals surface area (Å²) in [5, 5.41) is 0. The lowest BCUT2D eigenvalue weighted by atomic mass is 9.68. The molecule has 5 rings (SSSR count). The molecular weight excluding hydrogens is 517 g/mol. The van der Waals surface area contributed by atoms with E-state index in [0.717, 1.165) is 54.6 Å². The van der Waals surface area contributed by atoms with Crippen LogP contribution in [0.4, 0.5) is 13.2 Å². The normalized spacial score (nSPS) is 23.1. The van der Waals surface area contributed by atoms with Crippen LogP contribution in [-0.2, 0) is 0 Å². The molecule has 218 valence electrons. The first kappa shape index (κ1) is 29.5. The molecule has 0 spiro atoms. The fraction of sp³-hybridized carbons (Fsp3) is 0.459. The van der Waals surface area contributed by atoms with E-state index in [9.17, 15) is 8.78 Å². The average Bonchev–Trinajstić information content (AvgIpc) is 3.00. The highest BCUT2D eigenvalue weighted by Gasteiger charge is 2.31. The summed E-state index contributed by atoms with van der Waals surface area (Å²) in [5.74, 6) is 0.669. The summed E-state index contributed by atoms with van der Waals surface area (Å²) in [5.41, 5.74) is 3.04. The largest absolute Gasteiger partial charge is 0.490 e. The van der Waals surface area contributed by atoms with Crippen molar-refractivity contribution in [1.82, 2.24) is 0 Å². The van der Waals surface area contributed by atoms with E-state index in [1.165, 1.54) is 50.7 Å². The highest BCUT2D eigenvalue weighted by Crippen LogP contribution is 2.44. The number of benzene rings is 3. The Morgan fingerprint density at radius 1 is 0.732 bits per heavy atom. The van der Waals surface area contributed by atoms with Crippen LogP contribution in [0.1, 0.15) is 89.5 Å². The molecule has 2 saturated carbocycles. The van der Waals surface area contributed by atoms with E-state index in [1.54, 1.807) is 30.3 Å². The van der Waals surface area contributed by atoms with Crippen LogP contribution in [0.3, 0.4) is 0 Å².